The first-order chi connectivity index (χ1) is 10.0. The summed E-state index contributed by atoms with van der Waals surface area (Å²) >= 11 is 0. The van der Waals surface area contributed by atoms with Crippen LogP contribution in [-0.4, -0.2) is 87.6 Å². The van der Waals surface area contributed by atoms with Crippen LogP contribution in [0, 0.1) is 0 Å². The fourth-order valence-corrected chi connectivity index (χ4v) is 0. The van der Waals surface area contributed by atoms with E-state index in [1.807, 2.05) is 0 Å². The van der Waals surface area contributed by atoms with Crippen molar-refractivity contribution in [3.8, 4) is 0 Å². The molecule has 0 spiro atoms. The Labute approximate surface area is 172 Å². The van der Waals surface area contributed by atoms with Crippen LogP contribution in [0.1, 0.15) is 0 Å². The Morgan fingerprint density at radius 1 is 0.259 bits per heavy atom. The Morgan fingerprint density at radius 3 is 0.259 bits per heavy atom. The zero-order valence-corrected chi connectivity index (χ0v) is 17.0. The van der Waals surface area contributed by atoms with E-state index in [1.54, 1.807) is 0 Å². The molecule has 0 aromatic rings. The van der Waals surface area contributed by atoms with Crippen molar-refractivity contribution in [2.24, 2.45) is 0 Å². The second kappa shape index (κ2) is 18.4. The molecule has 20 nitrogen and oxygen atoms in total. The molecule has 0 aliphatic carbocycles. The normalized spacial score (nSPS) is 10.7. The summed E-state index contributed by atoms with van der Waals surface area (Å²) in [7, 11) is -25.8. The van der Waals surface area contributed by atoms with Gasteiger partial charge in [0.1, 0.15) is 0 Å². The van der Waals surface area contributed by atoms with Crippen molar-refractivity contribution < 1.29 is 121 Å². The maximum absolute atomic E-state index is 8.52. The Kier molecular flexibility index (Phi) is 31.2. The van der Waals surface area contributed by atoms with E-state index < -0.39 is 52.0 Å². The summed E-state index contributed by atoms with van der Waals surface area (Å²) in [4.78, 5) is 0. The van der Waals surface area contributed by atoms with Crippen LogP contribution in [0.15, 0.2) is 0 Å². The van der Waals surface area contributed by atoms with Crippen LogP contribution in [0.4, 0.5) is 0 Å². The smallest absolute Gasteiger partial charge is 0.0311 e. The van der Waals surface area contributed by atoms with Gasteiger partial charge < -0.3 is 45.5 Å². The fourth-order valence-electron chi connectivity index (χ4n) is 0. The summed E-state index contributed by atoms with van der Waals surface area (Å²) in [5.74, 6) is 0. The third kappa shape index (κ3) is 119000. The molecule has 2 radical (unpaired) electrons. The molecule has 0 atom stereocenters. The van der Waals surface area contributed by atoms with E-state index in [0.717, 1.165) is 0 Å². The standard InChI is InChI=1S/2Co.5H2O4S/c;;5*1-5(2,3)4/h;;5*(H2,1,2,3,4)/p-10. The third-order valence-corrected chi connectivity index (χ3v) is 0. The van der Waals surface area contributed by atoms with E-state index in [4.69, 9.17) is 87.6 Å². The van der Waals surface area contributed by atoms with Crippen LogP contribution >= 0.6 is 0 Å². The minimum atomic E-state index is -5.17. The maximum Gasteiger partial charge on any atom is 0.0311 e. The minimum Gasteiger partial charge on any atom is -0.759 e. The zero-order valence-electron chi connectivity index (χ0n) is 10.9. The first-order valence-electron chi connectivity index (χ1n) is 3.33. The molecular formula is Co2O20S5-10. The van der Waals surface area contributed by atoms with Crippen molar-refractivity contribution in [1.29, 1.82) is 0 Å². The summed E-state index contributed by atoms with van der Waals surface area (Å²) in [6.45, 7) is 0. The predicted octanol–water partition coefficient (Wildman–Crippen LogP) is -6.69. The van der Waals surface area contributed by atoms with Crippen LogP contribution in [0.3, 0.4) is 0 Å². The van der Waals surface area contributed by atoms with Crippen LogP contribution in [-0.2, 0) is 85.6 Å². The fraction of sp³-hybridized carbons (Fsp3) is 0. The maximum atomic E-state index is 8.52. The van der Waals surface area contributed by atoms with E-state index in [1.165, 1.54) is 0 Å². The number of hydrogen-bond donors (Lipinski definition) is 0. The van der Waals surface area contributed by atoms with Gasteiger partial charge in [0.25, 0.3) is 0 Å². The van der Waals surface area contributed by atoms with Gasteiger partial charge in [-0.2, -0.15) is 0 Å². The summed E-state index contributed by atoms with van der Waals surface area (Å²) in [6.07, 6.45) is 0. The van der Waals surface area contributed by atoms with Gasteiger partial charge in [0.15, 0.2) is 0 Å². The third-order valence-electron chi connectivity index (χ3n) is 0. The molecule has 0 aromatic carbocycles. The van der Waals surface area contributed by atoms with Gasteiger partial charge in [-0.3, -0.25) is 42.1 Å². The predicted molar refractivity (Wildman–Crippen MR) is 52.4 cm³/mol. The molecule has 0 saturated carbocycles. The number of hydrogen-bond acceptors (Lipinski definition) is 20. The summed E-state index contributed by atoms with van der Waals surface area (Å²) in [5, 5.41) is 0. The molecule has 0 unspecified atom stereocenters. The van der Waals surface area contributed by atoms with Crippen molar-refractivity contribution >= 4 is 52.0 Å². The second-order valence-corrected chi connectivity index (χ2v) is 6.12. The monoisotopic (exact) mass is 598 g/mol. The molecule has 0 aliphatic rings. The molecule has 0 rings (SSSR count). The largest absolute Gasteiger partial charge is 0.759 e. The topological polar surface area (TPSA) is 401 Å². The summed E-state index contributed by atoms with van der Waals surface area (Å²) in [5.41, 5.74) is 0. The number of rotatable bonds is 0. The quantitative estimate of drug-likeness (QED) is 0.185. The van der Waals surface area contributed by atoms with Crippen molar-refractivity contribution in [2.75, 3.05) is 0 Å². The van der Waals surface area contributed by atoms with Gasteiger partial charge in [-0.1, -0.05) is 0 Å². The van der Waals surface area contributed by atoms with Gasteiger partial charge in [-0.25, -0.2) is 0 Å². The van der Waals surface area contributed by atoms with Crippen LogP contribution in [0.25, 0.3) is 0 Å². The summed E-state index contributed by atoms with van der Waals surface area (Å²) in [6, 6.07) is 0. The van der Waals surface area contributed by atoms with Gasteiger partial charge in [0.05, 0.1) is 0 Å². The van der Waals surface area contributed by atoms with Crippen molar-refractivity contribution in [3.63, 3.8) is 0 Å². The minimum absolute atomic E-state index is 0. The Morgan fingerprint density at radius 2 is 0.259 bits per heavy atom. The molecule has 0 bridgehead atoms. The molecule has 0 aliphatic heterocycles. The second-order valence-electron chi connectivity index (χ2n) is 2.04. The molecule has 178 valence electrons. The average Bonchev–Trinajstić information content (AvgIpc) is 1.79. The van der Waals surface area contributed by atoms with Crippen molar-refractivity contribution in [3.05, 3.63) is 0 Å². The molecule has 27 heavy (non-hydrogen) atoms. The van der Waals surface area contributed by atoms with Crippen molar-refractivity contribution in [2.45, 2.75) is 0 Å². The Hall–Kier alpha value is 0.363. The average molecular weight is 598 g/mol. The SMILES string of the molecule is O=S(=O)([O-])[O-].O=S(=O)([O-])[O-].O=S(=O)([O-])[O-].O=S(=O)([O-])[O-].O=S(=O)([O-])[O-].[Co].[Co]. The van der Waals surface area contributed by atoms with Crippen LogP contribution in [0.5, 0.6) is 0 Å². The van der Waals surface area contributed by atoms with Gasteiger partial charge >= 0.3 is 0 Å². The van der Waals surface area contributed by atoms with E-state index in [9.17, 15) is 0 Å². The van der Waals surface area contributed by atoms with Crippen LogP contribution < -0.4 is 0 Å². The van der Waals surface area contributed by atoms with Gasteiger partial charge in [-0.05, 0) is 0 Å². The molecule has 0 N–H and O–H groups in total. The molecule has 0 fully saturated rings. The van der Waals surface area contributed by atoms with E-state index in [2.05, 4.69) is 0 Å². The Balaban J connectivity index is -0.0000000364. The molecule has 0 aromatic heterocycles. The van der Waals surface area contributed by atoms with Gasteiger partial charge in [0.2, 0.25) is 0 Å². The van der Waals surface area contributed by atoms with Crippen molar-refractivity contribution in [1.82, 2.24) is 0 Å². The summed E-state index contributed by atoms with van der Waals surface area (Å²) < 4.78 is 170. The first kappa shape index (κ1) is 45.9. The Bertz CT molecular complexity index is 619. The molecular weight excluding hydrogens is 598 g/mol. The first-order valence-corrected chi connectivity index (χ1v) is 10.0. The molecule has 0 amide bonds. The van der Waals surface area contributed by atoms with Crippen LogP contribution in [0.2, 0.25) is 0 Å². The van der Waals surface area contributed by atoms with Gasteiger partial charge in [-0.15, -0.1) is 0 Å². The van der Waals surface area contributed by atoms with E-state index in [-0.39, 0.29) is 33.6 Å². The molecule has 0 saturated heterocycles. The molecule has 0 heterocycles. The van der Waals surface area contributed by atoms with E-state index >= 15 is 0 Å². The van der Waals surface area contributed by atoms with E-state index in [0.29, 0.717) is 0 Å². The van der Waals surface area contributed by atoms with Gasteiger partial charge in [0, 0.05) is 85.6 Å². The zero-order chi connectivity index (χ0) is 22.5. The molecule has 27 heteroatoms.